The Bertz CT molecular complexity index is 516. The first kappa shape index (κ1) is 14.8. The molecule has 116 valence electrons. The van der Waals surface area contributed by atoms with Crippen LogP contribution < -0.4 is 0 Å². The van der Waals surface area contributed by atoms with Crippen molar-refractivity contribution in [3.8, 4) is 0 Å². The molecule has 2 unspecified atom stereocenters. The molecule has 2 fully saturated rings. The van der Waals surface area contributed by atoms with Crippen LogP contribution in [0.4, 0.5) is 8.78 Å². The first-order chi connectivity index (χ1) is 10.0. The van der Waals surface area contributed by atoms with Gasteiger partial charge in [-0.3, -0.25) is 4.90 Å². The fourth-order valence-electron chi connectivity index (χ4n) is 3.17. The van der Waals surface area contributed by atoms with E-state index in [9.17, 15) is 19.0 Å². The van der Waals surface area contributed by atoms with Crippen LogP contribution >= 0.6 is 0 Å². The molecule has 2 heterocycles. The zero-order chi connectivity index (χ0) is 15.0. The third-order valence-electron chi connectivity index (χ3n) is 4.40. The maximum Gasteiger partial charge on any atom is 0.159 e. The van der Waals surface area contributed by atoms with Gasteiger partial charge in [0.15, 0.2) is 11.6 Å². The standard InChI is InChI=1S/C15H19F2NO3/c16-12-2-1-10(3-13(12)17)14-4-11(20)5-18(14)6-15(7-19)8-21-9-15/h1-3,11,14,19-20H,4-9H2. The van der Waals surface area contributed by atoms with Crippen LogP contribution in [0, 0.1) is 17.0 Å². The van der Waals surface area contributed by atoms with Gasteiger partial charge < -0.3 is 14.9 Å². The van der Waals surface area contributed by atoms with Crippen LogP contribution in [0.1, 0.15) is 18.0 Å². The number of aliphatic hydroxyl groups is 2. The molecule has 21 heavy (non-hydrogen) atoms. The van der Waals surface area contributed by atoms with Gasteiger partial charge in [-0.1, -0.05) is 6.07 Å². The van der Waals surface area contributed by atoms with Crippen LogP contribution in [0.15, 0.2) is 18.2 Å². The molecule has 1 aromatic rings. The van der Waals surface area contributed by atoms with E-state index in [0.717, 1.165) is 6.07 Å². The van der Waals surface area contributed by atoms with Crippen molar-refractivity contribution in [3.05, 3.63) is 35.4 Å². The van der Waals surface area contributed by atoms with Gasteiger partial charge in [-0.2, -0.15) is 0 Å². The van der Waals surface area contributed by atoms with E-state index in [1.807, 2.05) is 4.90 Å². The molecule has 0 amide bonds. The number of likely N-dealkylation sites (tertiary alicyclic amines) is 1. The maximum atomic E-state index is 13.4. The van der Waals surface area contributed by atoms with E-state index in [1.165, 1.54) is 6.07 Å². The molecule has 1 aromatic carbocycles. The lowest BCUT2D eigenvalue weighted by Crippen LogP contribution is -2.53. The first-order valence-electron chi connectivity index (χ1n) is 7.09. The molecule has 0 aromatic heterocycles. The Morgan fingerprint density at radius 2 is 2.05 bits per heavy atom. The lowest BCUT2D eigenvalue weighted by molar-refractivity contribution is -0.150. The summed E-state index contributed by atoms with van der Waals surface area (Å²) in [6, 6.07) is 3.69. The number of ether oxygens (including phenoxy) is 1. The zero-order valence-corrected chi connectivity index (χ0v) is 11.6. The highest BCUT2D eigenvalue weighted by atomic mass is 19.2. The Labute approximate surface area is 121 Å². The highest BCUT2D eigenvalue weighted by Gasteiger charge is 2.43. The predicted molar refractivity (Wildman–Crippen MR) is 71.6 cm³/mol. The molecular formula is C15H19F2NO3. The molecule has 2 atom stereocenters. The Balaban J connectivity index is 1.80. The molecule has 0 saturated carbocycles. The zero-order valence-electron chi connectivity index (χ0n) is 11.6. The number of rotatable bonds is 4. The van der Waals surface area contributed by atoms with E-state index < -0.39 is 17.7 Å². The largest absolute Gasteiger partial charge is 0.396 e. The highest BCUT2D eigenvalue weighted by molar-refractivity contribution is 5.23. The summed E-state index contributed by atoms with van der Waals surface area (Å²) in [7, 11) is 0. The molecule has 2 saturated heterocycles. The number of aliphatic hydroxyl groups excluding tert-OH is 2. The number of benzene rings is 1. The normalized spacial score (nSPS) is 28.6. The second-order valence-corrected chi connectivity index (χ2v) is 6.16. The van der Waals surface area contributed by atoms with E-state index in [1.54, 1.807) is 6.07 Å². The van der Waals surface area contributed by atoms with E-state index in [2.05, 4.69) is 0 Å². The van der Waals surface area contributed by atoms with Crippen LogP contribution in [0.25, 0.3) is 0 Å². The Morgan fingerprint density at radius 3 is 2.62 bits per heavy atom. The monoisotopic (exact) mass is 299 g/mol. The van der Waals surface area contributed by atoms with Crippen molar-refractivity contribution >= 4 is 0 Å². The molecule has 0 radical (unpaired) electrons. The topological polar surface area (TPSA) is 52.9 Å². The van der Waals surface area contributed by atoms with Gasteiger partial charge in [0.05, 0.1) is 31.3 Å². The van der Waals surface area contributed by atoms with Crippen LogP contribution in [-0.2, 0) is 4.74 Å². The second-order valence-electron chi connectivity index (χ2n) is 6.16. The van der Waals surface area contributed by atoms with Gasteiger partial charge in [0.2, 0.25) is 0 Å². The minimum Gasteiger partial charge on any atom is -0.396 e. The SMILES string of the molecule is OCC1(CN2CC(O)CC2c2ccc(F)c(F)c2)COC1. The van der Waals surface area contributed by atoms with Gasteiger partial charge in [0.1, 0.15) is 0 Å². The summed E-state index contributed by atoms with van der Waals surface area (Å²) in [5.41, 5.74) is 0.347. The summed E-state index contributed by atoms with van der Waals surface area (Å²) in [6.45, 7) is 2.03. The van der Waals surface area contributed by atoms with E-state index in [-0.39, 0.29) is 18.1 Å². The lowest BCUT2D eigenvalue weighted by Gasteiger charge is -2.43. The second kappa shape index (κ2) is 5.61. The summed E-state index contributed by atoms with van der Waals surface area (Å²) in [5.74, 6) is -1.75. The van der Waals surface area contributed by atoms with Crippen molar-refractivity contribution < 1.29 is 23.7 Å². The molecule has 4 nitrogen and oxygen atoms in total. The van der Waals surface area contributed by atoms with Crippen molar-refractivity contribution in [2.45, 2.75) is 18.6 Å². The summed E-state index contributed by atoms with van der Waals surface area (Å²) < 4.78 is 31.7. The molecule has 2 N–H and O–H groups in total. The van der Waals surface area contributed by atoms with Crippen molar-refractivity contribution in [1.82, 2.24) is 4.90 Å². The van der Waals surface area contributed by atoms with Gasteiger partial charge in [-0.25, -0.2) is 8.78 Å². The molecular weight excluding hydrogens is 280 g/mol. The minimum atomic E-state index is -0.877. The summed E-state index contributed by atoms with van der Waals surface area (Å²) >= 11 is 0. The van der Waals surface area contributed by atoms with Crippen LogP contribution in [0.2, 0.25) is 0 Å². The van der Waals surface area contributed by atoms with Crippen LogP contribution in [-0.4, -0.2) is 54.1 Å². The summed E-state index contributed by atoms with van der Waals surface area (Å²) in [5, 5.41) is 19.4. The molecule has 6 heteroatoms. The van der Waals surface area contributed by atoms with Crippen LogP contribution in [0.3, 0.4) is 0 Å². The fraction of sp³-hybridized carbons (Fsp3) is 0.600. The van der Waals surface area contributed by atoms with Gasteiger partial charge in [-0.15, -0.1) is 0 Å². The third kappa shape index (κ3) is 2.81. The van der Waals surface area contributed by atoms with Crippen molar-refractivity contribution in [3.63, 3.8) is 0 Å². The lowest BCUT2D eigenvalue weighted by atomic mass is 9.86. The molecule has 3 rings (SSSR count). The summed E-state index contributed by atoms with van der Waals surface area (Å²) in [4.78, 5) is 2.02. The number of hydrogen-bond donors (Lipinski definition) is 2. The predicted octanol–water partition coefficient (Wildman–Crippen LogP) is 1.08. The van der Waals surface area contributed by atoms with Crippen molar-refractivity contribution in [2.75, 3.05) is 32.9 Å². The fourth-order valence-corrected chi connectivity index (χ4v) is 3.17. The average Bonchev–Trinajstić information content (AvgIpc) is 2.78. The average molecular weight is 299 g/mol. The number of halogens is 2. The third-order valence-corrected chi connectivity index (χ3v) is 4.40. The van der Waals surface area contributed by atoms with Gasteiger partial charge in [0, 0.05) is 19.1 Å². The van der Waals surface area contributed by atoms with E-state index >= 15 is 0 Å². The number of nitrogens with zero attached hydrogens (tertiary/aromatic N) is 1. The van der Waals surface area contributed by atoms with Crippen molar-refractivity contribution in [2.24, 2.45) is 5.41 Å². The molecule has 0 bridgehead atoms. The quantitative estimate of drug-likeness (QED) is 0.873. The highest BCUT2D eigenvalue weighted by Crippen LogP contribution is 2.37. The minimum absolute atomic E-state index is 0.0180. The number of β-amino-alcohol motifs (C(OH)–C–C–N with tert-alkyl or cyclic N) is 1. The Kier molecular flexibility index (Phi) is 3.96. The summed E-state index contributed by atoms with van der Waals surface area (Å²) in [6.07, 6.45) is -0.0205. The van der Waals surface area contributed by atoms with E-state index in [0.29, 0.717) is 38.3 Å². The van der Waals surface area contributed by atoms with E-state index in [4.69, 9.17) is 4.74 Å². The number of hydrogen-bond acceptors (Lipinski definition) is 4. The Hall–Kier alpha value is -1.08. The van der Waals surface area contributed by atoms with Crippen LogP contribution in [0.5, 0.6) is 0 Å². The molecule has 0 spiro atoms. The van der Waals surface area contributed by atoms with Gasteiger partial charge >= 0.3 is 0 Å². The van der Waals surface area contributed by atoms with Gasteiger partial charge in [-0.05, 0) is 24.1 Å². The Morgan fingerprint density at radius 1 is 1.29 bits per heavy atom. The molecule has 2 aliphatic heterocycles. The van der Waals surface area contributed by atoms with Gasteiger partial charge in [0.25, 0.3) is 0 Å². The molecule has 0 aliphatic carbocycles. The first-order valence-corrected chi connectivity index (χ1v) is 7.09. The molecule has 2 aliphatic rings. The van der Waals surface area contributed by atoms with Crippen molar-refractivity contribution in [1.29, 1.82) is 0 Å². The maximum absolute atomic E-state index is 13.4. The smallest absolute Gasteiger partial charge is 0.159 e.